The molecule has 3 aromatic rings. The van der Waals surface area contributed by atoms with Gasteiger partial charge in [0.2, 0.25) is 0 Å². The maximum Gasteiger partial charge on any atom is 0.308 e. The number of methoxy groups -OCH3 is 1. The van der Waals surface area contributed by atoms with Gasteiger partial charge in [-0.2, -0.15) is 4.80 Å². The number of aryl methyl sites for hydroxylation is 2. The number of nitrogens with zero attached hydrogens (tertiary/aromatic N) is 8. The van der Waals surface area contributed by atoms with Crippen molar-refractivity contribution >= 4 is 11.9 Å². The van der Waals surface area contributed by atoms with Gasteiger partial charge < -0.3 is 15.2 Å². The minimum Gasteiger partial charge on any atom is -0.489 e. The van der Waals surface area contributed by atoms with Gasteiger partial charge in [-0.05, 0) is 50.0 Å². The first-order valence-electron chi connectivity index (χ1n) is 10.1. The zero-order valence-electron chi connectivity index (χ0n) is 17.7. The first-order valence-corrected chi connectivity index (χ1v) is 10.1. The van der Waals surface area contributed by atoms with Crippen LogP contribution in [0.25, 0.3) is 11.4 Å². The molecule has 31 heavy (non-hydrogen) atoms. The molecule has 1 saturated carbocycles. The predicted octanol–water partition coefficient (Wildman–Crippen LogP) is 0.913. The summed E-state index contributed by atoms with van der Waals surface area (Å²) in [6.45, 7) is 2.19. The van der Waals surface area contributed by atoms with E-state index < -0.39 is 0 Å². The third kappa shape index (κ3) is 4.47. The third-order valence-corrected chi connectivity index (χ3v) is 5.44. The van der Waals surface area contributed by atoms with Crippen molar-refractivity contribution in [2.24, 2.45) is 13.0 Å². The van der Waals surface area contributed by atoms with E-state index in [2.05, 4.69) is 30.7 Å². The SMILES string of the molecule is COC(=O)[C@H]1CCC[C@H](Oc2ccc(-c3nnn(C)c3Cn3nnc(N)n3)nc2C)C1. The average Bonchev–Trinajstić information content (AvgIpc) is 3.35. The molecule has 2 atom stereocenters. The molecule has 4 rings (SSSR count). The van der Waals surface area contributed by atoms with Gasteiger partial charge >= 0.3 is 5.97 Å². The lowest BCUT2D eigenvalue weighted by Gasteiger charge is -2.28. The fraction of sp³-hybridized carbons (Fsp3) is 0.526. The Kier molecular flexibility index (Phi) is 5.78. The summed E-state index contributed by atoms with van der Waals surface area (Å²) in [6.07, 6.45) is 3.27. The number of rotatable bonds is 6. The summed E-state index contributed by atoms with van der Waals surface area (Å²) in [5, 5.41) is 19.9. The Hall–Kier alpha value is -3.57. The molecule has 12 nitrogen and oxygen atoms in total. The van der Waals surface area contributed by atoms with E-state index in [4.69, 9.17) is 15.2 Å². The molecule has 1 aliphatic carbocycles. The number of hydrogen-bond donors (Lipinski definition) is 1. The van der Waals surface area contributed by atoms with Gasteiger partial charge in [0.15, 0.2) is 0 Å². The van der Waals surface area contributed by atoms with Crippen LogP contribution in [0.3, 0.4) is 0 Å². The predicted molar refractivity (Wildman–Crippen MR) is 109 cm³/mol. The van der Waals surface area contributed by atoms with Gasteiger partial charge in [0.05, 0.1) is 36.2 Å². The highest BCUT2D eigenvalue weighted by Gasteiger charge is 2.29. The molecule has 2 N–H and O–H groups in total. The van der Waals surface area contributed by atoms with Crippen LogP contribution in [-0.4, -0.2) is 59.4 Å². The summed E-state index contributed by atoms with van der Waals surface area (Å²) >= 11 is 0. The maximum absolute atomic E-state index is 11.9. The zero-order valence-corrected chi connectivity index (χ0v) is 17.7. The van der Waals surface area contributed by atoms with Crippen LogP contribution in [0.2, 0.25) is 0 Å². The van der Waals surface area contributed by atoms with E-state index in [1.807, 2.05) is 19.1 Å². The van der Waals surface area contributed by atoms with E-state index in [-0.39, 0.29) is 23.9 Å². The van der Waals surface area contributed by atoms with Gasteiger partial charge in [-0.3, -0.25) is 4.79 Å². The molecule has 164 valence electrons. The second-order valence-corrected chi connectivity index (χ2v) is 7.59. The number of anilines is 1. The van der Waals surface area contributed by atoms with Crippen molar-refractivity contribution < 1.29 is 14.3 Å². The topological polar surface area (TPSA) is 149 Å². The van der Waals surface area contributed by atoms with Gasteiger partial charge in [0, 0.05) is 7.05 Å². The molecule has 12 heteroatoms. The van der Waals surface area contributed by atoms with Crippen molar-refractivity contribution in [1.82, 2.24) is 40.2 Å². The smallest absolute Gasteiger partial charge is 0.308 e. The van der Waals surface area contributed by atoms with Crippen molar-refractivity contribution in [1.29, 1.82) is 0 Å². The fourth-order valence-electron chi connectivity index (χ4n) is 3.83. The number of aromatic nitrogens is 8. The minimum absolute atomic E-state index is 0.0415. The molecule has 0 bridgehead atoms. The first-order chi connectivity index (χ1) is 14.9. The third-order valence-electron chi connectivity index (χ3n) is 5.44. The number of carbonyl (C=O) groups is 1. The van der Waals surface area contributed by atoms with E-state index >= 15 is 0 Å². The monoisotopic (exact) mass is 427 g/mol. The van der Waals surface area contributed by atoms with Crippen molar-refractivity contribution in [3.8, 4) is 17.1 Å². The van der Waals surface area contributed by atoms with Crippen molar-refractivity contribution in [2.75, 3.05) is 12.8 Å². The quantitative estimate of drug-likeness (QED) is 0.563. The summed E-state index contributed by atoms with van der Waals surface area (Å²) < 4.78 is 12.7. The molecule has 0 aliphatic heterocycles. The number of hydrogen-bond acceptors (Lipinski definition) is 10. The van der Waals surface area contributed by atoms with Gasteiger partial charge in [-0.15, -0.1) is 10.2 Å². The van der Waals surface area contributed by atoms with Gasteiger partial charge in [0.25, 0.3) is 5.95 Å². The molecular formula is C19H25N9O3. The van der Waals surface area contributed by atoms with Crippen molar-refractivity contribution in [3.63, 3.8) is 0 Å². The first kappa shape index (κ1) is 20.7. The number of carbonyl (C=O) groups excluding carboxylic acids is 1. The normalized spacial score (nSPS) is 18.7. The highest BCUT2D eigenvalue weighted by Crippen LogP contribution is 2.31. The summed E-state index contributed by atoms with van der Waals surface area (Å²) in [6, 6.07) is 3.73. The molecule has 0 amide bonds. The Balaban J connectivity index is 1.51. The molecule has 3 heterocycles. The van der Waals surface area contributed by atoms with Crippen LogP contribution in [0, 0.1) is 12.8 Å². The number of nitrogens with two attached hydrogens (primary N) is 1. The van der Waals surface area contributed by atoms with E-state index in [9.17, 15) is 4.79 Å². The van der Waals surface area contributed by atoms with Gasteiger partial charge in [-0.25, -0.2) is 9.67 Å². The lowest BCUT2D eigenvalue weighted by atomic mass is 9.87. The van der Waals surface area contributed by atoms with E-state index in [0.29, 0.717) is 30.1 Å². The Morgan fingerprint density at radius 2 is 2.10 bits per heavy atom. The molecule has 3 aromatic heterocycles. The summed E-state index contributed by atoms with van der Waals surface area (Å²) in [4.78, 5) is 17.9. The Bertz CT molecular complexity index is 1080. The molecule has 0 unspecified atom stereocenters. The second-order valence-electron chi connectivity index (χ2n) is 7.59. The van der Waals surface area contributed by atoms with E-state index in [1.54, 1.807) is 11.7 Å². The fourth-order valence-corrected chi connectivity index (χ4v) is 3.83. The standard InChI is InChI=1S/C19H25N9O3/c1-11-16(31-13-6-4-5-12(9-13)18(29)30-3)8-7-14(21-11)17-15(27(2)25-22-17)10-28-24-19(20)23-26-28/h7-8,12-13H,4-6,9-10H2,1-3H3,(H2,20,24)/t12-,13-/m0/s1. The summed E-state index contributed by atoms with van der Waals surface area (Å²) in [7, 11) is 3.21. The number of ether oxygens (including phenoxy) is 2. The Labute approximate surface area is 178 Å². The molecule has 0 spiro atoms. The van der Waals surface area contributed by atoms with Crippen molar-refractivity contribution in [2.45, 2.75) is 45.3 Å². The second kappa shape index (κ2) is 8.66. The van der Waals surface area contributed by atoms with E-state index in [1.165, 1.54) is 11.9 Å². The number of esters is 1. The van der Waals surface area contributed by atoms with Gasteiger partial charge in [-0.1, -0.05) is 10.3 Å². The van der Waals surface area contributed by atoms with Crippen LogP contribution < -0.4 is 10.5 Å². The average molecular weight is 427 g/mol. The van der Waals surface area contributed by atoms with E-state index in [0.717, 1.165) is 30.7 Å². The summed E-state index contributed by atoms with van der Waals surface area (Å²) in [5.74, 6) is 0.509. The van der Waals surface area contributed by atoms with Crippen LogP contribution in [0.5, 0.6) is 5.75 Å². The summed E-state index contributed by atoms with van der Waals surface area (Å²) in [5.41, 5.74) is 8.33. The highest BCUT2D eigenvalue weighted by molar-refractivity contribution is 5.72. The number of nitrogen functional groups attached to an aromatic ring is 1. The molecular weight excluding hydrogens is 402 g/mol. The molecule has 0 radical (unpaired) electrons. The highest BCUT2D eigenvalue weighted by atomic mass is 16.5. The van der Waals surface area contributed by atoms with Crippen LogP contribution in [0.1, 0.15) is 37.1 Å². The Morgan fingerprint density at radius 3 is 2.81 bits per heavy atom. The Morgan fingerprint density at radius 1 is 1.26 bits per heavy atom. The molecule has 0 saturated heterocycles. The zero-order chi connectivity index (χ0) is 22.0. The van der Waals surface area contributed by atoms with Crippen LogP contribution in [-0.2, 0) is 23.1 Å². The molecule has 1 aliphatic rings. The lowest BCUT2D eigenvalue weighted by molar-refractivity contribution is -0.147. The van der Waals surface area contributed by atoms with Crippen LogP contribution in [0.4, 0.5) is 5.95 Å². The minimum atomic E-state index is -0.169. The van der Waals surface area contributed by atoms with Crippen molar-refractivity contribution in [3.05, 3.63) is 23.5 Å². The van der Waals surface area contributed by atoms with Gasteiger partial charge in [0.1, 0.15) is 18.0 Å². The molecule has 0 aromatic carbocycles. The number of tetrazole rings is 1. The lowest BCUT2D eigenvalue weighted by Crippen LogP contribution is -2.30. The largest absolute Gasteiger partial charge is 0.489 e. The molecule has 1 fully saturated rings. The van der Waals surface area contributed by atoms with Crippen LogP contribution >= 0.6 is 0 Å². The number of pyridine rings is 1. The maximum atomic E-state index is 11.9. The van der Waals surface area contributed by atoms with Crippen LogP contribution in [0.15, 0.2) is 12.1 Å².